The average molecular weight is 537 g/mol. The molecule has 39 heavy (non-hydrogen) atoms. The Labute approximate surface area is 229 Å². The number of hydrogen-bond donors (Lipinski definition) is 1. The first-order valence-electron chi connectivity index (χ1n) is 13.2. The second-order valence-electron chi connectivity index (χ2n) is 11.3. The van der Waals surface area contributed by atoms with Gasteiger partial charge in [-0.1, -0.05) is 32.0 Å². The van der Waals surface area contributed by atoms with Crippen molar-refractivity contribution in [3.63, 3.8) is 0 Å². The number of rotatable bonds is 6. The quantitative estimate of drug-likeness (QED) is 0.401. The molecule has 0 radical (unpaired) electrons. The van der Waals surface area contributed by atoms with Gasteiger partial charge in [0.1, 0.15) is 22.9 Å². The van der Waals surface area contributed by atoms with Crippen molar-refractivity contribution < 1.29 is 23.5 Å². The van der Waals surface area contributed by atoms with Crippen molar-refractivity contribution in [2.75, 3.05) is 18.5 Å². The fourth-order valence-electron chi connectivity index (χ4n) is 4.54. The number of nitrogens with one attached hydrogen (secondary N) is 1. The second-order valence-corrected chi connectivity index (χ2v) is 11.3. The molecule has 3 aromatic rings. The van der Waals surface area contributed by atoms with Crippen LogP contribution in [0.25, 0.3) is 16.9 Å². The first-order chi connectivity index (χ1) is 18.3. The molecule has 0 atom stereocenters. The highest BCUT2D eigenvalue weighted by atomic mass is 19.1. The Bertz CT molecular complexity index is 1390. The maximum Gasteiger partial charge on any atom is 0.410 e. The zero-order chi connectivity index (χ0) is 28.5. The fraction of sp³-hybridized carbons (Fsp3) is 0.433. The normalized spacial score (nSPS) is 13.3. The molecule has 4 rings (SSSR count). The molecule has 1 aliphatic heterocycles. The van der Waals surface area contributed by atoms with E-state index in [1.807, 2.05) is 45.9 Å². The van der Waals surface area contributed by atoms with Gasteiger partial charge in [-0.3, -0.25) is 4.79 Å². The standard InChI is InChI=1S/C30H37FN4O4/c1-18(2)17-38-26-10-8-9-19(3)27(26)35-28(21-11-12-25(23(31)15-21)32-20(4)36)22-16-34(14-13-24(22)33-35)29(37)39-30(5,6)7/h8-12,15,18H,13-14,16-17H2,1-7H3,(H,32,36). The van der Waals surface area contributed by atoms with Gasteiger partial charge >= 0.3 is 6.09 Å². The molecule has 0 saturated heterocycles. The lowest BCUT2D eigenvalue weighted by Gasteiger charge is -2.30. The number of aromatic nitrogens is 2. The van der Waals surface area contributed by atoms with E-state index in [-0.39, 0.29) is 18.1 Å². The third-order valence-electron chi connectivity index (χ3n) is 6.22. The van der Waals surface area contributed by atoms with E-state index in [1.165, 1.54) is 19.1 Å². The number of aryl methyl sites for hydroxylation is 1. The summed E-state index contributed by atoms with van der Waals surface area (Å²) in [7, 11) is 0. The molecule has 9 heteroatoms. The predicted octanol–water partition coefficient (Wildman–Crippen LogP) is 6.27. The van der Waals surface area contributed by atoms with Crippen molar-refractivity contribution in [1.29, 1.82) is 0 Å². The van der Waals surface area contributed by atoms with Crippen LogP contribution in [-0.4, -0.2) is 45.4 Å². The lowest BCUT2D eigenvalue weighted by atomic mass is 10.00. The minimum absolute atomic E-state index is 0.0958. The summed E-state index contributed by atoms with van der Waals surface area (Å²) in [6.45, 7) is 14.2. The highest BCUT2D eigenvalue weighted by Gasteiger charge is 2.32. The third-order valence-corrected chi connectivity index (χ3v) is 6.22. The molecule has 1 N–H and O–H groups in total. The SMILES string of the molecule is CC(=O)Nc1ccc(-c2c3c(nn2-c2c(C)cccc2OCC(C)C)CCN(C(=O)OC(C)(C)C)C3)cc1F. The maximum atomic E-state index is 15.2. The van der Waals surface area contributed by atoms with Crippen molar-refractivity contribution in [3.8, 4) is 22.7 Å². The summed E-state index contributed by atoms with van der Waals surface area (Å²) < 4.78 is 28.8. The highest BCUT2D eigenvalue weighted by molar-refractivity contribution is 5.89. The van der Waals surface area contributed by atoms with Crippen LogP contribution in [0.1, 0.15) is 58.4 Å². The van der Waals surface area contributed by atoms with Crippen LogP contribution in [0.15, 0.2) is 36.4 Å². The molecule has 0 spiro atoms. The Balaban J connectivity index is 1.87. The second kappa shape index (κ2) is 11.1. The molecular formula is C30H37FN4O4. The zero-order valence-electron chi connectivity index (χ0n) is 23.7. The first kappa shape index (κ1) is 28.1. The number of fused-ring (bicyclic) bond motifs is 1. The fourth-order valence-corrected chi connectivity index (χ4v) is 4.54. The summed E-state index contributed by atoms with van der Waals surface area (Å²) in [5.74, 6) is 0.0691. The van der Waals surface area contributed by atoms with Gasteiger partial charge in [0.2, 0.25) is 5.91 Å². The van der Waals surface area contributed by atoms with Crippen molar-refractivity contribution in [2.24, 2.45) is 5.92 Å². The zero-order valence-corrected chi connectivity index (χ0v) is 23.7. The molecule has 0 unspecified atom stereocenters. The number of anilines is 1. The molecular weight excluding hydrogens is 499 g/mol. The number of benzene rings is 2. The number of nitrogens with zero attached hydrogens (tertiary/aromatic N) is 3. The van der Waals surface area contributed by atoms with Gasteiger partial charge in [0.25, 0.3) is 0 Å². The van der Waals surface area contributed by atoms with Gasteiger partial charge in [0.05, 0.1) is 30.2 Å². The van der Waals surface area contributed by atoms with Gasteiger partial charge in [-0.05, 0) is 57.4 Å². The van der Waals surface area contributed by atoms with Crippen LogP contribution in [0.4, 0.5) is 14.9 Å². The minimum Gasteiger partial charge on any atom is -0.491 e. The number of amides is 2. The Morgan fingerprint density at radius 1 is 1.18 bits per heavy atom. The van der Waals surface area contributed by atoms with Crippen molar-refractivity contribution in [3.05, 3.63) is 59.0 Å². The van der Waals surface area contributed by atoms with Crippen LogP contribution in [-0.2, 0) is 22.5 Å². The number of hydrogen-bond acceptors (Lipinski definition) is 5. The van der Waals surface area contributed by atoms with Crippen molar-refractivity contribution >= 4 is 17.7 Å². The summed E-state index contributed by atoms with van der Waals surface area (Å²) >= 11 is 0. The molecule has 2 amide bonds. The Morgan fingerprint density at radius 2 is 1.92 bits per heavy atom. The first-order valence-corrected chi connectivity index (χ1v) is 13.2. The smallest absolute Gasteiger partial charge is 0.410 e. The van der Waals surface area contributed by atoms with Crippen LogP contribution in [0.2, 0.25) is 0 Å². The molecule has 0 saturated carbocycles. The van der Waals surface area contributed by atoms with Gasteiger partial charge in [0.15, 0.2) is 0 Å². The van der Waals surface area contributed by atoms with Crippen LogP contribution >= 0.6 is 0 Å². The number of para-hydroxylation sites is 1. The summed E-state index contributed by atoms with van der Waals surface area (Å²) in [5, 5.41) is 7.50. The van der Waals surface area contributed by atoms with E-state index in [0.717, 1.165) is 22.5 Å². The summed E-state index contributed by atoms with van der Waals surface area (Å²) in [6, 6.07) is 10.5. The molecule has 1 aliphatic rings. The topological polar surface area (TPSA) is 85.7 Å². The number of halogens is 1. The minimum atomic E-state index is -0.628. The third kappa shape index (κ3) is 6.41. The summed E-state index contributed by atoms with van der Waals surface area (Å²) in [6.07, 6.45) is 0.116. The average Bonchev–Trinajstić information content (AvgIpc) is 3.20. The molecule has 2 heterocycles. The van der Waals surface area contributed by atoms with Gasteiger partial charge in [0, 0.05) is 31.0 Å². The van der Waals surface area contributed by atoms with Gasteiger partial charge in [-0.15, -0.1) is 0 Å². The summed E-state index contributed by atoms with van der Waals surface area (Å²) in [4.78, 5) is 26.2. The largest absolute Gasteiger partial charge is 0.491 e. The van der Waals surface area contributed by atoms with E-state index in [0.29, 0.717) is 42.5 Å². The predicted molar refractivity (Wildman–Crippen MR) is 149 cm³/mol. The van der Waals surface area contributed by atoms with Gasteiger partial charge in [-0.25, -0.2) is 13.9 Å². The lowest BCUT2D eigenvalue weighted by Crippen LogP contribution is -2.39. The molecule has 208 valence electrons. The van der Waals surface area contributed by atoms with Crippen LogP contribution in [0.5, 0.6) is 5.75 Å². The van der Waals surface area contributed by atoms with Crippen molar-refractivity contribution in [2.45, 2.75) is 67.0 Å². The summed E-state index contributed by atoms with van der Waals surface area (Å²) in [5.41, 5.74) is 4.05. The van der Waals surface area contributed by atoms with Crippen LogP contribution in [0, 0.1) is 18.7 Å². The van der Waals surface area contributed by atoms with E-state index in [4.69, 9.17) is 14.6 Å². The number of ether oxygens (including phenoxy) is 2. The van der Waals surface area contributed by atoms with Gasteiger partial charge in [-0.2, -0.15) is 5.10 Å². The molecule has 2 aromatic carbocycles. The van der Waals surface area contributed by atoms with Crippen molar-refractivity contribution in [1.82, 2.24) is 14.7 Å². The van der Waals surface area contributed by atoms with E-state index in [1.54, 1.807) is 15.6 Å². The van der Waals surface area contributed by atoms with E-state index >= 15 is 4.39 Å². The molecule has 0 bridgehead atoms. The van der Waals surface area contributed by atoms with E-state index in [2.05, 4.69) is 19.2 Å². The number of carbonyl (C=O) groups is 2. The molecule has 0 aliphatic carbocycles. The number of carbonyl (C=O) groups excluding carboxylic acids is 2. The highest BCUT2D eigenvalue weighted by Crippen LogP contribution is 2.38. The Morgan fingerprint density at radius 3 is 2.56 bits per heavy atom. The van der Waals surface area contributed by atoms with E-state index < -0.39 is 17.5 Å². The maximum absolute atomic E-state index is 15.2. The van der Waals surface area contributed by atoms with Crippen LogP contribution in [0.3, 0.4) is 0 Å². The van der Waals surface area contributed by atoms with E-state index in [9.17, 15) is 9.59 Å². The lowest BCUT2D eigenvalue weighted by molar-refractivity contribution is -0.114. The van der Waals surface area contributed by atoms with Gasteiger partial charge < -0.3 is 19.7 Å². The Kier molecular flexibility index (Phi) is 7.99. The monoisotopic (exact) mass is 536 g/mol. The molecule has 1 aromatic heterocycles. The molecule has 0 fully saturated rings. The molecule has 8 nitrogen and oxygen atoms in total. The van der Waals surface area contributed by atoms with Crippen LogP contribution < -0.4 is 10.1 Å². The Hall–Kier alpha value is -3.88.